The Labute approximate surface area is 133 Å². The van der Waals surface area contributed by atoms with E-state index in [2.05, 4.69) is 39.8 Å². The molecule has 0 radical (unpaired) electrons. The van der Waals surface area contributed by atoms with Crippen LogP contribution in [0.25, 0.3) is 0 Å². The van der Waals surface area contributed by atoms with Crippen molar-refractivity contribution in [3.63, 3.8) is 0 Å². The summed E-state index contributed by atoms with van der Waals surface area (Å²) in [5.74, 6) is 0.374. The van der Waals surface area contributed by atoms with Crippen molar-refractivity contribution in [1.29, 1.82) is 0 Å². The Morgan fingerprint density at radius 3 is 2.86 bits per heavy atom. The maximum absolute atomic E-state index is 12.4. The van der Waals surface area contributed by atoms with E-state index in [-0.39, 0.29) is 17.7 Å². The van der Waals surface area contributed by atoms with Crippen LogP contribution in [0.5, 0.6) is 0 Å². The number of nitrogens with two attached hydrogens (primary N) is 1. The molecule has 0 amide bonds. The third-order valence-electron chi connectivity index (χ3n) is 3.53. The maximum Gasteiger partial charge on any atom is 0.283 e. The Hall–Kier alpha value is -0.920. The van der Waals surface area contributed by atoms with Gasteiger partial charge in [0.15, 0.2) is 0 Å². The van der Waals surface area contributed by atoms with Gasteiger partial charge in [0.1, 0.15) is 4.47 Å². The first-order valence-corrected chi connectivity index (χ1v) is 8.07. The Morgan fingerprint density at radius 2 is 2.24 bits per heavy atom. The lowest BCUT2D eigenvalue weighted by Crippen LogP contribution is -2.50. The summed E-state index contributed by atoms with van der Waals surface area (Å²) >= 11 is 3.43. The van der Waals surface area contributed by atoms with Crippen LogP contribution in [0.3, 0.4) is 0 Å². The minimum atomic E-state index is -0.0926. The molecule has 1 saturated heterocycles. The van der Waals surface area contributed by atoms with E-state index in [9.17, 15) is 4.79 Å². The van der Waals surface area contributed by atoms with Crippen molar-refractivity contribution in [2.24, 2.45) is 11.7 Å². The minimum absolute atomic E-state index is 0.0243. The number of anilines is 1. The van der Waals surface area contributed by atoms with Crippen LogP contribution in [0.4, 0.5) is 5.69 Å². The van der Waals surface area contributed by atoms with E-state index in [0.29, 0.717) is 30.1 Å². The molecular weight excluding hydrogens is 336 g/mol. The molecule has 7 heteroatoms. The average molecular weight is 359 g/mol. The zero-order valence-corrected chi connectivity index (χ0v) is 14.3. The van der Waals surface area contributed by atoms with Crippen molar-refractivity contribution in [2.75, 3.05) is 24.6 Å². The fraction of sp³-hybridized carbons (Fsp3) is 0.714. The molecule has 1 aromatic heterocycles. The van der Waals surface area contributed by atoms with Gasteiger partial charge in [-0.15, -0.1) is 0 Å². The van der Waals surface area contributed by atoms with Gasteiger partial charge in [-0.3, -0.25) is 4.79 Å². The Morgan fingerprint density at radius 1 is 1.52 bits per heavy atom. The molecule has 0 aliphatic carbocycles. The van der Waals surface area contributed by atoms with E-state index in [4.69, 9.17) is 10.5 Å². The van der Waals surface area contributed by atoms with Gasteiger partial charge in [-0.1, -0.05) is 13.8 Å². The fourth-order valence-electron chi connectivity index (χ4n) is 2.37. The summed E-state index contributed by atoms with van der Waals surface area (Å²) in [6, 6.07) is -0.0409. The summed E-state index contributed by atoms with van der Waals surface area (Å²) in [4.78, 5) is 14.5. The Kier molecular flexibility index (Phi) is 5.40. The minimum Gasteiger partial charge on any atom is -0.373 e. The Bertz CT molecular complexity index is 544. The maximum atomic E-state index is 12.4. The number of rotatable bonds is 4. The number of morpholine rings is 1. The van der Waals surface area contributed by atoms with Crippen LogP contribution in [-0.2, 0) is 11.3 Å². The van der Waals surface area contributed by atoms with Gasteiger partial charge in [0, 0.05) is 25.7 Å². The highest BCUT2D eigenvalue weighted by Gasteiger charge is 2.26. The molecule has 2 atom stereocenters. The van der Waals surface area contributed by atoms with Gasteiger partial charge in [-0.2, -0.15) is 5.10 Å². The number of hydrogen-bond donors (Lipinski definition) is 1. The quantitative estimate of drug-likeness (QED) is 0.875. The molecule has 0 aromatic carbocycles. The van der Waals surface area contributed by atoms with Gasteiger partial charge in [-0.05, 0) is 28.8 Å². The smallest absolute Gasteiger partial charge is 0.283 e. The molecule has 118 valence electrons. The number of nitrogens with zero attached hydrogens (tertiary/aromatic N) is 3. The van der Waals surface area contributed by atoms with E-state index in [1.165, 1.54) is 4.68 Å². The van der Waals surface area contributed by atoms with Gasteiger partial charge in [0.2, 0.25) is 0 Å². The van der Waals surface area contributed by atoms with Gasteiger partial charge in [0.05, 0.1) is 24.6 Å². The van der Waals surface area contributed by atoms with E-state index in [1.54, 1.807) is 6.20 Å². The number of aromatic nitrogens is 2. The number of hydrogen-bond acceptors (Lipinski definition) is 5. The molecule has 1 aliphatic rings. The molecule has 0 saturated carbocycles. The van der Waals surface area contributed by atoms with E-state index in [1.807, 2.05) is 6.92 Å². The summed E-state index contributed by atoms with van der Waals surface area (Å²) in [5, 5.41) is 4.28. The van der Waals surface area contributed by atoms with Crippen LogP contribution in [0.15, 0.2) is 15.5 Å². The summed E-state index contributed by atoms with van der Waals surface area (Å²) in [7, 11) is 0. The normalized spacial score (nSPS) is 20.9. The largest absolute Gasteiger partial charge is 0.373 e. The SMILES string of the molecule is CC(C)Cn1ncc(N2CCOC(C(C)N)C2)c(Br)c1=O. The lowest BCUT2D eigenvalue weighted by atomic mass is 10.1. The molecule has 2 heterocycles. The number of ether oxygens (including phenoxy) is 1. The zero-order chi connectivity index (χ0) is 15.6. The Balaban J connectivity index is 2.24. The zero-order valence-electron chi connectivity index (χ0n) is 12.8. The summed E-state index contributed by atoms with van der Waals surface area (Å²) in [6.45, 7) is 8.68. The van der Waals surface area contributed by atoms with Crippen LogP contribution >= 0.6 is 15.9 Å². The molecule has 6 nitrogen and oxygen atoms in total. The van der Waals surface area contributed by atoms with Crippen molar-refractivity contribution in [3.8, 4) is 0 Å². The first-order valence-electron chi connectivity index (χ1n) is 7.28. The third-order valence-corrected chi connectivity index (χ3v) is 4.27. The molecule has 0 bridgehead atoms. The molecule has 1 fully saturated rings. The molecular formula is C14H23BrN4O2. The lowest BCUT2D eigenvalue weighted by Gasteiger charge is -2.36. The van der Waals surface area contributed by atoms with E-state index >= 15 is 0 Å². The second-order valence-electron chi connectivity index (χ2n) is 5.94. The van der Waals surface area contributed by atoms with Crippen LogP contribution in [0, 0.1) is 5.92 Å². The molecule has 0 spiro atoms. The summed E-state index contributed by atoms with van der Waals surface area (Å²) in [5.41, 5.74) is 6.63. The van der Waals surface area contributed by atoms with Crippen LogP contribution in [0.2, 0.25) is 0 Å². The summed E-state index contributed by atoms with van der Waals surface area (Å²) < 4.78 is 7.71. The first-order chi connectivity index (χ1) is 9.90. The highest BCUT2D eigenvalue weighted by molar-refractivity contribution is 9.10. The molecule has 2 N–H and O–H groups in total. The third kappa shape index (κ3) is 3.84. The van der Waals surface area contributed by atoms with Gasteiger partial charge < -0.3 is 15.4 Å². The van der Waals surface area contributed by atoms with Crippen molar-refractivity contribution in [3.05, 3.63) is 21.0 Å². The average Bonchev–Trinajstić information content (AvgIpc) is 2.44. The highest BCUT2D eigenvalue weighted by atomic mass is 79.9. The summed E-state index contributed by atoms with van der Waals surface area (Å²) in [6.07, 6.45) is 1.72. The monoisotopic (exact) mass is 358 g/mol. The second-order valence-corrected chi connectivity index (χ2v) is 6.73. The molecule has 2 rings (SSSR count). The van der Waals surface area contributed by atoms with Gasteiger partial charge >= 0.3 is 0 Å². The molecule has 1 aromatic rings. The molecule has 1 aliphatic heterocycles. The highest BCUT2D eigenvalue weighted by Crippen LogP contribution is 2.24. The first kappa shape index (κ1) is 16.5. The molecule has 21 heavy (non-hydrogen) atoms. The van der Waals surface area contributed by atoms with Crippen LogP contribution < -0.4 is 16.2 Å². The molecule has 2 unspecified atom stereocenters. The fourth-order valence-corrected chi connectivity index (χ4v) is 2.92. The predicted octanol–water partition coefficient (Wildman–Crippen LogP) is 1.21. The van der Waals surface area contributed by atoms with Crippen molar-refractivity contribution in [1.82, 2.24) is 9.78 Å². The van der Waals surface area contributed by atoms with Crippen molar-refractivity contribution in [2.45, 2.75) is 39.5 Å². The van der Waals surface area contributed by atoms with Crippen LogP contribution in [0.1, 0.15) is 20.8 Å². The second kappa shape index (κ2) is 6.89. The standard InChI is InChI=1S/C14H23BrN4O2/c1-9(2)7-19-14(20)13(15)11(6-17-19)18-4-5-21-12(8-18)10(3)16/h6,9-10,12H,4-5,7-8,16H2,1-3H3. The van der Waals surface area contributed by atoms with E-state index in [0.717, 1.165) is 12.2 Å². The van der Waals surface area contributed by atoms with Gasteiger partial charge in [0.25, 0.3) is 5.56 Å². The number of halogens is 1. The van der Waals surface area contributed by atoms with Crippen molar-refractivity contribution < 1.29 is 4.74 Å². The topological polar surface area (TPSA) is 73.4 Å². The predicted molar refractivity (Wildman–Crippen MR) is 86.6 cm³/mol. The van der Waals surface area contributed by atoms with Crippen molar-refractivity contribution >= 4 is 21.6 Å². The van der Waals surface area contributed by atoms with E-state index < -0.39 is 0 Å². The van der Waals surface area contributed by atoms with Crippen LogP contribution in [-0.4, -0.2) is 41.6 Å². The lowest BCUT2D eigenvalue weighted by molar-refractivity contribution is 0.0275. The van der Waals surface area contributed by atoms with Gasteiger partial charge in [-0.25, -0.2) is 4.68 Å².